The molecular formula is C19H15ClN4OS. The Hall–Kier alpha value is -2.44. The summed E-state index contributed by atoms with van der Waals surface area (Å²) < 4.78 is 1.91. The number of pyridine rings is 2. The van der Waals surface area contributed by atoms with Gasteiger partial charge < -0.3 is 0 Å². The average molecular weight is 383 g/mol. The molecule has 0 radical (unpaired) electrons. The Bertz CT molecular complexity index is 1140. The lowest BCUT2D eigenvalue weighted by Crippen LogP contribution is -2.03. The maximum Gasteiger partial charge on any atom is 0.197 e. The summed E-state index contributed by atoms with van der Waals surface area (Å²) in [5.41, 5.74) is 4.24. The van der Waals surface area contributed by atoms with Gasteiger partial charge in [0.05, 0.1) is 5.75 Å². The maximum atomic E-state index is 12.4. The zero-order chi connectivity index (χ0) is 18.3. The van der Waals surface area contributed by atoms with Crippen molar-refractivity contribution in [3.05, 3.63) is 64.3 Å². The fraction of sp³-hybridized carbons (Fsp3) is 0.158. The number of benzene rings is 1. The van der Waals surface area contributed by atoms with Crippen molar-refractivity contribution in [2.75, 3.05) is 5.75 Å². The largest absolute Gasteiger partial charge is 0.293 e. The minimum atomic E-state index is 0.0176. The molecule has 7 heteroatoms. The second kappa shape index (κ2) is 6.70. The van der Waals surface area contributed by atoms with Crippen LogP contribution in [0, 0.1) is 13.8 Å². The van der Waals surface area contributed by atoms with E-state index in [-0.39, 0.29) is 11.5 Å². The van der Waals surface area contributed by atoms with E-state index in [1.165, 1.54) is 11.8 Å². The lowest BCUT2D eigenvalue weighted by atomic mass is 10.1. The van der Waals surface area contributed by atoms with Gasteiger partial charge in [0, 0.05) is 21.7 Å². The Morgan fingerprint density at radius 3 is 2.65 bits per heavy atom. The number of halogens is 1. The predicted molar refractivity (Wildman–Crippen MR) is 104 cm³/mol. The fourth-order valence-electron chi connectivity index (χ4n) is 2.89. The highest BCUT2D eigenvalue weighted by Crippen LogP contribution is 2.25. The van der Waals surface area contributed by atoms with Crippen LogP contribution in [0.2, 0.25) is 5.02 Å². The Labute approximate surface area is 159 Å². The molecule has 0 aliphatic carbocycles. The van der Waals surface area contributed by atoms with Crippen molar-refractivity contribution in [3.63, 3.8) is 0 Å². The molecule has 0 saturated heterocycles. The summed E-state index contributed by atoms with van der Waals surface area (Å²) in [6.07, 6.45) is 0. The number of fused-ring (bicyclic) bond motifs is 3. The first kappa shape index (κ1) is 17.0. The number of hydrogen-bond acceptors (Lipinski definition) is 5. The number of aryl methyl sites for hydroxylation is 2. The highest BCUT2D eigenvalue weighted by Gasteiger charge is 2.14. The molecule has 1 aromatic carbocycles. The summed E-state index contributed by atoms with van der Waals surface area (Å²) in [6, 6.07) is 12.9. The van der Waals surface area contributed by atoms with E-state index in [1.807, 2.05) is 23.5 Å². The maximum absolute atomic E-state index is 12.4. The van der Waals surface area contributed by atoms with Crippen molar-refractivity contribution in [2.24, 2.45) is 0 Å². The van der Waals surface area contributed by atoms with Crippen LogP contribution in [0.5, 0.6) is 0 Å². The van der Waals surface area contributed by atoms with Crippen LogP contribution in [0.1, 0.15) is 21.6 Å². The molecular weight excluding hydrogens is 368 g/mol. The van der Waals surface area contributed by atoms with Gasteiger partial charge >= 0.3 is 0 Å². The summed E-state index contributed by atoms with van der Waals surface area (Å²) in [5, 5.41) is 10.8. The summed E-state index contributed by atoms with van der Waals surface area (Å²) in [5.74, 6) is 0.285. The van der Waals surface area contributed by atoms with E-state index >= 15 is 0 Å². The molecule has 3 heterocycles. The van der Waals surface area contributed by atoms with Crippen LogP contribution in [0.25, 0.3) is 16.7 Å². The first-order valence-corrected chi connectivity index (χ1v) is 9.43. The molecule has 5 nitrogen and oxygen atoms in total. The Morgan fingerprint density at radius 1 is 1.12 bits per heavy atom. The number of ketones is 1. The summed E-state index contributed by atoms with van der Waals surface area (Å²) in [7, 11) is 0. The summed E-state index contributed by atoms with van der Waals surface area (Å²) in [4.78, 5) is 17.1. The molecule has 0 spiro atoms. The molecule has 0 atom stereocenters. The molecule has 0 bridgehead atoms. The third-order valence-corrected chi connectivity index (χ3v) is 5.32. The van der Waals surface area contributed by atoms with Gasteiger partial charge in [-0.3, -0.25) is 9.20 Å². The molecule has 4 rings (SSSR count). The summed E-state index contributed by atoms with van der Waals surface area (Å²) >= 11 is 7.23. The molecule has 4 aromatic rings. The van der Waals surface area contributed by atoms with E-state index in [0.717, 1.165) is 27.9 Å². The normalized spacial score (nSPS) is 11.3. The van der Waals surface area contributed by atoms with Gasteiger partial charge in [-0.1, -0.05) is 23.4 Å². The van der Waals surface area contributed by atoms with Gasteiger partial charge in [0.2, 0.25) is 0 Å². The number of hydrogen-bond donors (Lipinski definition) is 0. The minimum absolute atomic E-state index is 0.0176. The highest BCUT2D eigenvalue weighted by atomic mass is 35.5. The van der Waals surface area contributed by atoms with E-state index < -0.39 is 0 Å². The number of carbonyl (C=O) groups is 1. The quantitative estimate of drug-likeness (QED) is 0.383. The van der Waals surface area contributed by atoms with Crippen LogP contribution in [0.15, 0.2) is 47.6 Å². The van der Waals surface area contributed by atoms with Crippen LogP contribution in [-0.2, 0) is 0 Å². The molecule has 0 amide bonds. The van der Waals surface area contributed by atoms with Gasteiger partial charge in [0.1, 0.15) is 5.65 Å². The standard InChI is InChI=1S/C19H15ClN4OS/c1-11-9-12(2)21-18-15(11)7-8-17-22-23-19(24(17)18)26-10-16(25)13-3-5-14(20)6-4-13/h3-9H,10H2,1-2H3. The molecule has 0 aliphatic heterocycles. The number of Topliss-reactive ketones (excluding diaryl/α,β-unsaturated/α-hetero) is 1. The average Bonchev–Trinajstić information content (AvgIpc) is 3.03. The lowest BCUT2D eigenvalue weighted by molar-refractivity contribution is 0.102. The van der Waals surface area contributed by atoms with Crippen LogP contribution >= 0.6 is 23.4 Å². The smallest absolute Gasteiger partial charge is 0.197 e. The number of thioether (sulfide) groups is 1. The van der Waals surface area contributed by atoms with Crippen LogP contribution < -0.4 is 0 Å². The summed E-state index contributed by atoms with van der Waals surface area (Å²) in [6.45, 7) is 4.02. The zero-order valence-corrected chi connectivity index (χ0v) is 15.8. The molecule has 26 heavy (non-hydrogen) atoms. The number of carbonyl (C=O) groups excluding carboxylic acids is 1. The Morgan fingerprint density at radius 2 is 1.88 bits per heavy atom. The topological polar surface area (TPSA) is 60.2 Å². The first-order valence-electron chi connectivity index (χ1n) is 8.06. The van der Waals surface area contributed by atoms with E-state index in [9.17, 15) is 4.79 Å². The highest BCUT2D eigenvalue weighted by molar-refractivity contribution is 7.99. The van der Waals surface area contributed by atoms with Crippen molar-refractivity contribution in [3.8, 4) is 0 Å². The number of nitrogens with zero attached hydrogens (tertiary/aromatic N) is 4. The first-order chi connectivity index (χ1) is 12.5. The molecule has 0 saturated carbocycles. The third kappa shape index (κ3) is 3.06. The van der Waals surface area contributed by atoms with Gasteiger partial charge in [-0.05, 0) is 61.9 Å². The second-order valence-corrected chi connectivity index (χ2v) is 7.43. The van der Waals surface area contributed by atoms with E-state index in [2.05, 4.69) is 28.2 Å². The molecule has 0 unspecified atom stereocenters. The Balaban J connectivity index is 1.69. The van der Waals surface area contributed by atoms with Gasteiger partial charge in [0.25, 0.3) is 0 Å². The third-order valence-electron chi connectivity index (χ3n) is 4.14. The van der Waals surface area contributed by atoms with Crippen molar-refractivity contribution in [1.82, 2.24) is 19.6 Å². The monoisotopic (exact) mass is 382 g/mol. The van der Waals surface area contributed by atoms with Crippen LogP contribution in [-0.4, -0.2) is 31.1 Å². The zero-order valence-electron chi connectivity index (χ0n) is 14.2. The molecule has 0 N–H and O–H groups in total. The van der Waals surface area contributed by atoms with Gasteiger partial charge in [0.15, 0.2) is 16.6 Å². The van der Waals surface area contributed by atoms with Crippen molar-refractivity contribution in [1.29, 1.82) is 0 Å². The van der Waals surface area contributed by atoms with Crippen molar-refractivity contribution < 1.29 is 4.79 Å². The number of rotatable bonds is 4. The SMILES string of the molecule is Cc1cc(C)c2ccc3nnc(SCC(=O)c4ccc(Cl)cc4)n3c2n1. The van der Waals surface area contributed by atoms with Crippen molar-refractivity contribution >= 4 is 45.8 Å². The van der Waals surface area contributed by atoms with Crippen LogP contribution in [0.3, 0.4) is 0 Å². The van der Waals surface area contributed by atoms with Crippen molar-refractivity contribution in [2.45, 2.75) is 19.0 Å². The van der Waals surface area contributed by atoms with E-state index in [4.69, 9.17) is 11.6 Å². The second-order valence-electron chi connectivity index (χ2n) is 6.05. The molecule has 130 valence electrons. The lowest BCUT2D eigenvalue weighted by Gasteiger charge is -2.07. The molecule has 0 fully saturated rings. The van der Waals surface area contributed by atoms with E-state index in [1.54, 1.807) is 24.3 Å². The van der Waals surface area contributed by atoms with Gasteiger partial charge in [-0.25, -0.2) is 4.98 Å². The fourth-order valence-corrected chi connectivity index (χ4v) is 3.85. The Kier molecular flexibility index (Phi) is 4.38. The van der Waals surface area contributed by atoms with Crippen LogP contribution in [0.4, 0.5) is 0 Å². The predicted octanol–water partition coefficient (Wildman–Crippen LogP) is 4.52. The van der Waals surface area contributed by atoms with E-state index in [0.29, 0.717) is 15.7 Å². The minimum Gasteiger partial charge on any atom is -0.293 e. The van der Waals surface area contributed by atoms with Gasteiger partial charge in [-0.15, -0.1) is 10.2 Å². The molecule has 0 aliphatic rings. The molecule has 3 aromatic heterocycles. The number of aromatic nitrogens is 4. The van der Waals surface area contributed by atoms with Gasteiger partial charge in [-0.2, -0.15) is 0 Å².